The van der Waals surface area contributed by atoms with E-state index in [9.17, 15) is 10.2 Å². The van der Waals surface area contributed by atoms with E-state index < -0.39 is 0 Å². The molecule has 0 radical (unpaired) electrons. The fourth-order valence-electron chi connectivity index (χ4n) is 5.94. The highest BCUT2D eigenvalue weighted by molar-refractivity contribution is 5.39. The molecule has 2 heteroatoms. The van der Waals surface area contributed by atoms with Crippen LogP contribution >= 0.6 is 0 Å². The molecule has 2 nitrogen and oxygen atoms in total. The first-order chi connectivity index (χ1) is 9.95. The summed E-state index contributed by atoms with van der Waals surface area (Å²) >= 11 is 0. The van der Waals surface area contributed by atoms with Crippen LogP contribution in [0.1, 0.15) is 65.2 Å². The molecule has 0 saturated heterocycles. The van der Waals surface area contributed by atoms with Gasteiger partial charge in [-0.05, 0) is 62.7 Å². The standard InChI is InChI=1S/C19H28O2/c1-18-9-7-13(20)11-12(18)3-4-14-15-5-6-17(21)19(15,2)10-8-16(14)18/h11,13,16-17,20-21H,3-10H2,1-2H3/t13-,16-,17-,18-,19-/m0/s1. The van der Waals surface area contributed by atoms with Crippen LogP contribution in [0.25, 0.3) is 0 Å². The number of aliphatic hydroxyl groups is 2. The minimum absolute atomic E-state index is 0.0671. The highest BCUT2D eigenvalue weighted by Gasteiger charge is 2.52. The topological polar surface area (TPSA) is 40.5 Å². The third-order valence-electron chi connectivity index (χ3n) is 7.37. The summed E-state index contributed by atoms with van der Waals surface area (Å²) in [6.45, 7) is 4.73. The van der Waals surface area contributed by atoms with Crippen molar-refractivity contribution in [3.8, 4) is 0 Å². The Bertz CT molecular complexity index is 532. The maximum absolute atomic E-state index is 10.4. The summed E-state index contributed by atoms with van der Waals surface area (Å²) in [6.07, 6.45) is 10.6. The van der Waals surface area contributed by atoms with Crippen LogP contribution in [0, 0.1) is 16.7 Å². The van der Waals surface area contributed by atoms with Crippen LogP contribution in [-0.4, -0.2) is 22.4 Å². The van der Waals surface area contributed by atoms with Gasteiger partial charge in [0, 0.05) is 5.41 Å². The van der Waals surface area contributed by atoms with E-state index >= 15 is 0 Å². The lowest BCUT2D eigenvalue weighted by molar-refractivity contribution is 0.0517. The summed E-state index contributed by atoms with van der Waals surface area (Å²) in [5.74, 6) is 0.665. The zero-order chi connectivity index (χ0) is 14.8. The van der Waals surface area contributed by atoms with Crippen LogP contribution in [0.5, 0.6) is 0 Å². The van der Waals surface area contributed by atoms with Gasteiger partial charge in [-0.15, -0.1) is 0 Å². The molecule has 0 amide bonds. The third-order valence-corrected chi connectivity index (χ3v) is 7.37. The monoisotopic (exact) mass is 288 g/mol. The molecule has 2 N–H and O–H groups in total. The van der Waals surface area contributed by atoms with Gasteiger partial charge in [-0.1, -0.05) is 36.6 Å². The first-order valence-corrected chi connectivity index (χ1v) is 8.75. The Morgan fingerprint density at radius 1 is 0.952 bits per heavy atom. The number of rotatable bonds is 0. The normalized spacial score (nSPS) is 49.3. The molecule has 2 saturated carbocycles. The lowest BCUT2D eigenvalue weighted by Crippen LogP contribution is -2.43. The Morgan fingerprint density at radius 3 is 2.52 bits per heavy atom. The minimum Gasteiger partial charge on any atom is -0.392 e. The highest BCUT2D eigenvalue weighted by atomic mass is 16.3. The average molecular weight is 288 g/mol. The number of aliphatic hydroxyl groups excluding tert-OH is 2. The molecule has 2 fully saturated rings. The van der Waals surface area contributed by atoms with E-state index in [1.165, 1.54) is 12.0 Å². The Morgan fingerprint density at radius 2 is 1.71 bits per heavy atom. The van der Waals surface area contributed by atoms with E-state index in [0.29, 0.717) is 5.92 Å². The van der Waals surface area contributed by atoms with Gasteiger partial charge in [0.2, 0.25) is 0 Å². The molecule has 4 aliphatic carbocycles. The van der Waals surface area contributed by atoms with Crippen LogP contribution in [-0.2, 0) is 0 Å². The molecule has 0 aromatic rings. The van der Waals surface area contributed by atoms with E-state index in [-0.39, 0.29) is 23.0 Å². The second-order valence-electron chi connectivity index (χ2n) is 8.28. The second-order valence-corrected chi connectivity index (χ2v) is 8.28. The number of hydrogen-bond donors (Lipinski definition) is 2. The molecular weight excluding hydrogens is 260 g/mol. The Balaban J connectivity index is 1.78. The van der Waals surface area contributed by atoms with E-state index in [0.717, 1.165) is 44.9 Å². The van der Waals surface area contributed by atoms with Gasteiger partial charge in [0.1, 0.15) is 0 Å². The molecular formula is C19H28O2. The second kappa shape index (κ2) is 4.45. The maximum Gasteiger partial charge on any atom is 0.0724 e. The number of hydrogen-bond acceptors (Lipinski definition) is 2. The van der Waals surface area contributed by atoms with Crippen molar-refractivity contribution in [3.63, 3.8) is 0 Å². The first-order valence-electron chi connectivity index (χ1n) is 8.75. The fourth-order valence-corrected chi connectivity index (χ4v) is 5.94. The number of allylic oxidation sites excluding steroid dienone is 2. The van der Waals surface area contributed by atoms with Crippen molar-refractivity contribution < 1.29 is 10.2 Å². The fraction of sp³-hybridized carbons (Fsp3) is 0.789. The highest BCUT2D eigenvalue weighted by Crippen LogP contribution is 2.62. The Kier molecular flexibility index (Phi) is 2.97. The summed E-state index contributed by atoms with van der Waals surface area (Å²) < 4.78 is 0. The third kappa shape index (κ3) is 1.78. The van der Waals surface area contributed by atoms with E-state index in [1.807, 2.05) is 0 Å². The van der Waals surface area contributed by atoms with Crippen molar-refractivity contribution >= 4 is 0 Å². The van der Waals surface area contributed by atoms with Gasteiger partial charge in [0.25, 0.3) is 0 Å². The van der Waals surface area contributed by atoms with Gasteiger partial charge >= 0.3 is 0 Å². The van der Waals surface area contributed by atoms with Crippen LogP contribution in [0.2, 0.25) is 0 Å². The largest absolute Gasteiger partial charge is 0.392 e. The molecule has 0 aromatic heterocycles. The van der Waals surface area contributed by atoms with Gasteiger partial charge in [-0.25, -0.2) is 0 Å². The van der Waals surface area contributed by atoms with E-state index in [4.69, 9.17) is 0 Å². The van der Waals surface area contributed by atoms with Gasteiger partial charge in [0.05, 0.1) is 12.2 Å². The Hall–Kier alpha value is -0.600. The van der Waals surface area contributed by atoms with Crippen molar-refractivity contribution in [2.24, 2.45) is 16.7 Å². The molecule has 0 aliphatic heterocycles. The van der Waals surface area contributed by atoms with Crippen LogP contribution in [0.3, 0.4) is 0 Å². The van der Waals surface area contributed by atoms with Gasteiger partial charge in [-0.3, -0.25) is 0 Å². The molecule has 4 aliphatic rings. The predicted octanol–water partition coefficient (Wildman–Crippen LogP) is 3.74. The molecule has 0 heterocycles. The maximum atomic E-state index is 10.4. The molecule has 0 spiro atoms. The summed E-state index contributed by atoms with van der Waals surface area (Å²) in [4.78, 5) is 0. The first kappa shape index (κ1) is 14.0. The molecule has 0 bridgehead atoms. The predicted molar refractivity (Wildman–Crippen MR) is 83.8 cm³/mol. The van der Waals surface area contributed by atoms with Crippen molar-refractivity contribution in [2.45, 2.75) is 77.4 Å². The zero-order valence-electron chi connectivity index (χ0n) is 13.4. The number of fused-ring (bicyclic) bond motifs is 4. The molecule has 5 atom stereocenters. The summed E-state index contributed by atoms with van der Waals surface area (Å²) in [6, 6.07) is 0. The van der Waals surface area contributed by atoms with Crippen LogP contribution in [0.15, 0.2) is 22.8 Å². The zero-order valence-corrected chi connectivity index (χ0v) is 13.4. The van der Waals surface area contributed by atoms with Gasteiger partial charge in [0.15, 0.2) is 0 Å². The summed E-state index contributed by atoms with van der Waals surface area (Å²) in [7, 11) is 0. The van der Waals surface area contributed by atoms with Crippen molar-refractivity contribution in [2.75, 3.05) is 0 Å². The SMILES string of the molecule is C[C@]12CC[C@H]3C(=C1CC[C@@H]2O)CCC1=C[C@@H](O)CC[C@@]13C. The van der Waals surface area contributed by atoms with Crippen molar-refractivity contribution in [1.82, 2.24) is 0 Å². The van der Waals surface area contributed by atoms with E-state index in [2.05, 4.69) is 19.9 Å². The quantitative estimate of drug-likeness (QED) is 0.667. The lowest BCUT2D eigenvalue weighted by Gasteiger charge is -2.53. The molecule has 4 rings (SSSR count). The van der Waals surface area contributed by atoms with Crippen LogP contribution in [0.4, 0.5) is 0 Å². The summed E-state index contributed by atoms with van der Waals surface area (Å²) in [5.41, 5.74) is 5.15. The molecule has 116 valence electrons. The van der Waals surface area contributed by atoms with Crippen molar-refractivity contribution in [1.29, 1.82) is 0 Å². The minimum atomic E-state index is -0.218. The van der Waals surface area contributed by atoms with Crippen molar-refractivity contribution in [3.05, 3.63) is 22.8 Å². The Labute approximate surface area is 127 Å². The lowest BCUT2D eigenvalue weighted by atomic mass is 9.52. The van der Waals surface area contributed by atoms with Gasteiger partial charge in [-0.2, -0.15) is 0 Å². The average Bonchev–Trinajstić information content (AvgIpc) is 2.76. The smallest absolute Gasteiger partial charge is 0.0724 e. The molecule has 0 aromatic carbocycles. The van der Waals surface area contributed by atoms with Gasteiger partial charge < -0.3 is 10.2 Å². The molecule has 21 heavy (non-hydrogen) atoms. The van der Waals surface area contributed by atoms with E-state index in [1.54, 1.807) is 11.1 Å². The molecule has 0 unspecified atom stereocenters. The van der Waals surface area contributed by atoms with Crippen LogP contribution < -0.4 is 0 Å². The summed E-state index contributed by atoms with van der Waals surface area (Å²) in [5, 5.41) is 20.4.